The zero-order valence-corrected chi connectivity index (χ0v) is 11.9. The van der Waals surface area contributed by atoms with Crippen molar-refractivity contribution in [1.82, 2.24) is 5.32 Å². The number of nitrogens with two attached hydrogens (primary N) is 1. The van der Waals surface area contributed by atoms with Crippen LogP contribution in [0.1, 0.15) is 16.7 Å². The molecule has 0 bridgehead atoms. The third kappa shape index (κ3) is 4.54. The van der Waals surface area contributed by atoms with Crippen molar-refractivity contribution in [3.8, 4) is 11.8 Å². The van der Waals surface area contributed by atoms with Crippen LogP contribution in [0.5, 0.6) is 0 Å². The molecule has 2 rings (SSSR count). The molecule has 0 saturated heterocycles. The summed E-state index contributed by atoms with van der Waals surface area (Å²) in [6, 6.07) is 9.76. The van der Waals surface area contributed by atoms with Crippen molar-refractivity contribution in [2.45, 2.75) is 13.0 Å². The summed E-state index contributed by atoms with van der Waals surface area (Å²) in [6.45, 7) is 0.864. The van der Waals surface area contributed by atoms with Crippen LogP contribution in [0.4, 0.5) is 0 Å². The molecule has 1 aromatic carbocycles. The van der Waals surface area contributed by atoms with Crippen LogP contribution in [0, 0.1) is 11.8 Å². The van der Waals surface area contributed by atoms with E-state index < -0.39 is 0 Å². The quantitative estimate of drug-likeness (QED) is 0.843. The average molecular weight is 284 g/mol. The van der Waals surface area contributed by atoms with E-state index >= 15 is 0 Å². The van der Waals surface area contributed by atoms with Crippen molar-refractivity contribution >= 4 is 17.2 Å². The first-order valence-corrected chi connectivity index (χ1v) is 7.28. The fourth-order valence-electron chi connectivity index (χ4n) is 1.75. The summed E-state index contributed by atoms with van der Waals surface area (Å²) in [6.07, 6.45) is 0.427. The van der Waals surface area contributed by atoms with Gasteiger partial charge in [0.2, 0.25) is 5.91 Å². The number of nitrogens with one attached hydrogen (secondary N) is 1. The van der Waals surface area contributed by atoms with Crippen molar-refractivity contribution in [2.75, 3.05) is 6.54 Å². The second kappa shape index (κ2) is 7.49. The monoisotopic (exact) mass is 284 g/mol. The second-order valence-electron chi connectivity index (χ2n) is 4.29. The second-order valence-corrected chi connectivity index (χ2v) is 5.07. The molecule has 0 saturated carbocycles. The maximum Gasteiger partial charge on any atom is 0.224 e. The molecular formula is C16H16N2OS. The summed E-state index contributed by atoms with van der Waals surface area (Å²) in [5.41, 5.74) is 8.35. The number of carbonyl (C=O) groups excluding carboxylic acids is 1. The van der Waals surface area contributed by atoms with Gasteiger partial charge in [-0.2, -0.15) is 11.3 Å². The first kappa shape index (κ1) is 14.3. The Labute approximate surface area is 122 Å². The molecule has 3 N–H and O–H groups in total. The Morgan fingerprint density at radius 3 is 2.95 bits per heavy atom. The van der Waals surface area contributed by atoms with Crippen molar-refractivity contribution in [2.24, 2.45) is 5.73 Å². The number of benzene rings is 1. The van der Waals surface area contributed by atoms with Crippen LogP contribution in [-0.4, -0.2) is 12.5 Å². The van der Waals surface area contributed by atoms with Gasteiger partial charge >= 0.3 is 0 Å². The van der Waals surface area contributed by atoms with Crippen LogP contribution >= 0.6 is 11.3 Å². The Kier molecular flexibility index (Phi) is 5.36. The van der Waals surface area contributed by atoms with E-state index in [1.807, 2.05) is 41.1 Å². The van der Waals surface area contributed by atoms with Crippen molar-refractivity contribution in [3.05, 3.63) is 57.8 Å². The Hall–Kier alpha value is -2.09. The van der Waals surface area contributed by atoms with E-state index in [-0.39, 0.29) is 5.91 Å². The lowest BCUT2D eigenvalue weighted by Crippen LogP contribution is -2.24. The van der Waals surface area contributed by atoms with Gasteiger partial charge in [0, 0.05) is 12.1 Å². The van der Waals surface area contributed by atoms with Gasteiger partial charge < -0.3 is 11.1 Å². The minimum Gasteiger partial charge on any atom is -0.352 e. The van der Waals surface area contributed by atoms with E-state index in [9.17, 15) is 4.79 Å². The highest BCUT2D eigenvalue weighted by molar-refractivity contribution is 7.07. The Bertz CT molecular complexity index is 623. The van der Waals surface area contributed by atoms with E-state index in [1.165, 1.54) is 0 Å². The fourth-order valence-corrected chi connectivity index (χ4v) is 2.42. The van der Waals surface area contributed by atoms with Gasteiger partial charge in [-0.05, 0) is 40.1 Å². The SMILES string of the molecule is NCC#Cc1cccc(CNC(=O)Cc2ccsc2)c1. The van der Waals surface area contributed by atoms with E-state index in [4.69, 9.17) is 5.73 Å². The average Bonchev–Trinajstić information content (AvgIpc) is 2.96. The minimum absolute atomic E-state index is 0.0295. The Morgan fingerprint density at radius 2 is 2.20 bits per heavy atom. The standard InChI is InChI=1S/C16H16N2OS/c17-7-2-5-13-3-1-4-14(9-13)11-18-16(19)10-15-6-8-20-12-15/h1,3-4,6,8-9,12H,7,10-11,17H2,(H,18,19). The molecule has 102 valence electrons. The van der Waals surface area contributed by atoms with Gasteiger partial charge in [0.25, 0.3) is 0 Å². The fraction of sp³-hybridized carbons (Fsp3) is 0.188. The van der Waals surface area contributed by atoms with Gasteiger partial charge in [-0.15, -0.1) is 0 Å². The number of thiophene rings is 1. The predicted octanol–water partition coefficient (Wildman–Crippen LogP) is 1.92. The van der Waals surface area contributed by atoms with Gasteiger partial charge in [-0.25, -0.2) is 0 Å². The maximum absolute atomic E-state index is 11.8. The smallest absolute Gasteiger partial charge is 0.224 e. The van der Waals surface area contributed by atoms with Crippen LogP contribution < -0.4 is 11.1 Å². The number of amides is 1. The van der Waals surface area contributed by atoms with Gasteiger partial charge in [0.1, 0.15) is 0 Å². The van der Waals surface area contributed by atoms with E-state index in [0.717, 1.165) is 16.7 Å². The molecule has 0 aliphatic carbocycles. The maximum atomic E-state index is 11.8. The number of carbonyl (C=O) groups is 1. The number of hydrogen-bond acceptors (Lipinski definition) is 3. The van der Waals surface area contributed by atoms with Crippen LogP contribution in [0.3, 0.4) is 0 Å². The van der Waals surface area contributed by atoms with E-state index in [0.29, 0.717) is 19.5 Å². The van der Waals surface area contributed by atoms with E-state index in [2.05, 4.69) is 17.2 Å². The molecule has 0 aliphatic rings. The molecule has 0 spiro atoms. The summed E-state index contributed by atoms with van der Waals surface area (Å²) in [5.74, 6) is 5.83. The third-order valence-corrected chi connectivity index (χ3v) is 3.43. The van der Waals surface area contributed by atoms with Crippen LogP contribution in [0.2, 0.25) is 0 Å². The molecule has 1 amide bonds. The molecule has 20 heavy (non-hydrogen) atoms. The molecule has 1 heterocycles. The summed E-state index contributed by atoms with van der Waals surface area (Å²) >= 11 is 1.60. The van der Waals surface area contributed by atoms with Gasteiger partial charge in [-0.3, -0.25) is 4.79 Å². The zero-order valence-electron chi connectivity index (χ0n) is 11.1. The molecule has 4 heteroatoms. The Morgan fingerprint density at radius 1 is 1.30 bits per heavy atom. The molecule has 2 aromatic rings. The summed E-state index contributed by atoms with van der Waals surface area (Å²) < 4.78 is 0. The molecule has 1 aromatic heterocycles. The molecule has 0 fully saturated rings. The topological polar surface area (TPSA) is 55.1 Å². The summed E-state index contributed by atoms with van der Waals surface area (Å²) in [5, 5.41) is 6.88. The number of rotatable bonds is 4. The van der Waals surface area contributed by atoms with Gasteiger partial charge in [0.15, 0.2) is 0 Å². The normalized spacial score (nSPS) is 9.65. The lowest BCUT2D eigenvalue weighted by Gasteiger charge is -2.05. The molecule has 0 unspecified atom stereocenters. The Balaban J connectivity index is 1.88. The van der Waals surface area contributed by atoms with Gasteiger partial charge in [0.05, 0.1) is 13.0 Å². The van der Waals surface area contributed by atoms with Crippen LogP contribution in [0.15, 0.2) is 41.1 Å². The summed E-state index contributed by atoms with van der Waals surface area (Å²) in [4.78, 5) is 11.8. The predicted molar refractivity (Wildman–Crippen MR) is 82.2 cm³/mol. The molecule has 0 radical (unpaired) electrons. The van der Waals surface area contributed by atoms with Gasteiger partial charge in [-0.1, -0.05) is 24.0 Å². The zero-order chi connectivity index (χ0) is 14.2. The highest BCUT2D eigenvalue weighted by Gasteiger charge is 2.03. The van der Waals surface area contributed by atoms with Crippen molar-refractivity contribution in [1.29, 1.82) is 0 Å². The van der Waals surface area contributed by atoms with Crippen molar-refractivity contribution in [3.63, 3.8) is 0 Å². The van der Waals surface area contributed by atoms with Crippen LogP contribution in [-0.2, 0) is 17.8 Å². The lowest BCUT2D eigenvalue weighted by atomic mass is 10.1. The molecular weight excluding hydrogens is 268 g/mol. The lowest BCUT2D eigenvalue weighted by molar-refractivity contribution is -0.120. The highest BCUT2D eigenvalue weighted by atomic mass is 32.1. The van der Waals surface area contributed by atoms with E-state index in [1.54, 1.807) is 11.3 Å². The van der Waals surface area contributed by atoms with Crippen LogP contribution in [0.25, 0.3) is 0 Å². The molecule has 3 nitrogen and oxygen atoms in total. The largest absolute Gasteiger partial charge is 0.352 e. The third-order valence-electron chi connectivity index (χ3n) is 2.70. The first-order chi connectivity index (χ1) is 9.78. The van der Waals surface area contributed by atoms with Crippen molar-refractivity contribution < 1.29 is 4.79 Å². The summed E-state index contributed by atoms with van der Waals surface area (Å²) in [7, 11) is 0. The highest BCUT2D eigenvalue weighted by Crippen LogP contribution is 2.07. The minimum atomic E-state index is 0.0295. The first-order valence-electron chi connectivity index (χ1n) is 6.33. The molecule has 0 atom stereocenters. The number of hydrogen-bond donors (Lipinski definition) is 2. The molecule has 0 aliphatic heterocycles.